The third-order valence-electron chi connectivity index (χ3n) is 5.64. The van der Waals surface area contributed by atoms with Crippen LogP contribution in [0.25, 0.3) is 11.3 Å². The Bertz CT molecular complexity index is 974. The minimum Gasteiger partial charge on any atom is -0.460 e. The number of pyridine rings is 1. The van der Waals surface area contributed by atoms with Crippen molar-refractivity contribution in [2.75, 3.05) is 26.2 Å². The molecule has 1 fully saturated rings. The second-order valence-corrected chi connectivity index (χ2v) is 8.30. The van der Waals surface area contributed by atoms with Crippen molar-refractivity contribution in [1.82, 2.24) is 14.8 Å². The number of rotatable bonds is 7. The fourth-order valence-electron chi connectivity index (χ4n) is 4.12. The molecule has 0 spiro atoms. The molecule has 0 amide bonds. The highest BCUT2D eigenvalue weighted by Crippen LogP contribution is 2.29. The van der Waals surface area contributed by atoms with Gasteiger partial charge in [0, 0.05) is 50.1 Å². The Balaban J connectivity index is 1.40. The van der Waals surface area contributed by atoms with Crippen molar-refractivity contribution >= 4 is 11.6 Å². The van der Waals surface area contributed by atoms with Crippen molar-refractivity contribution < 1.29 is 9.52 Å². The number of aliphatic hydroxyl groups excluding tert-OH is 1. The molecule has 0 saturated carbocycles. The Morgan fingerprint density at radius 2 is 1.93 bits per heavy atom. The van der Waals surface area contributed by atoms with Crippen molar-refractivity contribution in [3.8, 4) is 11.3 Å². The molecule has 1 N–H and O–H groups in total. The third-order valence-corrected chi connectivity index (χ3v) is 5.97. The van der Waals surface area contributed by atoms with Gasteiger partial charge in [0.2, 0.25) is 0 Å². The molecular weight excluding hydrogens is 398 g/mol. The summed E-state index contributed by atoms with van der Waals surface area (Å²) < 4.78 is 6.09. The molecule has 3 aromatic rings. The van der Waals surface area contributed by atoms with Gasteiger partial charge in [-0.1, -0.05) is 29.8 Å². The van der Waals surface area contributed by atoms with E-state index in [9.17, 15) is 5.11 Å². The number of aliphatic hydroxyl groups is 1. The summed E-state index contributed by atoms with van der Waals surface area (Å²) in [6.07, 6.45) is 0.755. The summed E-state index contributed by atoms with van der Waals surface area (Å²) in [5.41, 5.74) is 3.04. The topological polar surface area (TPSA) is 52.7 Å². The quantitative estimate of drug-likeness (QED) is 0.609. The van der Waals surface area contributed by atoms with E-state index in [2.05, 4.69) is 26.9 Å². The van der Waals surface area contributed by atoms with Crippen LogP contribution in [0.3, 0.4) is 0 Å². The van der Waals surface area contributed by atoms with E-state index in [0.29, 0.717) is 11.1 Å². The number of hydrogen-bond donors (Lipinski definition) is 1. The number of hydrogen-bond acceptors (Lipinski definition) is 5. The number of furan rings is 1. The van der Waals surface area contributed by atoms with Gasteiger partial charge in [-0.25, -0.2) is 0 Å². The van der Waals surface area contributed by atoms with E-state index in [0.717, 1.165) is 67.6 Å². The SMILES string of the molecule is Cc1cccc(CN2CCN(Cc3ccc(-c4ccccc4Cl)o3)CC2CCO)n1. The van der Waals surface area contributed by atoms with Crippen molar-refractivity contribution in [3.63, 3.8) is 0 Å². The molecule has 0 aliphatic carbocycles. The second-order valence-electron chi connectivity index (χ2n) is 7.89. The van der Waals surface area contributed by atoms with Gasteiger partial charge in [-0.3, -0.25) is 14.8 Å². The number of piperazine rings is 1. The van der Waals surface area contributed by atoms with Gasteiger partial charge in [0.15, 0.2) is 0 Å². The van der Waals surface area contributed by atoms with Gasteiger partial charge < -0.3 is 9.52 Å². The summed E-state index contributed by atoms with van der Waals surface area (Å²) >= 11 is 6.30. The molecule has 2 aromatic heterocycles. The average molecular weight is 426 g/mol. The maximum atomic E-state index is 9.59. The minimum atomic E-state index is 0.188. The van der Waals surface area contributed by atoms with Crippen LogP contribution in [0.2, 0.25) is 5.02 Å². The molecule has 5 nitrogen and oxygen atoms in total. The molecular formula is C24H28ClN3O2. The van der Waals surface area contributed by atoms with Crippen molar-refractivity contribution in [2.45, 2.75) is 32.5 Å². The molecule has 0 bridgehead atoms. The van der Waals surface area contributed by atoms with E-state index < -0.39 is 0 Å². The lowest BCUT2D eigenvalue weighted by Gasteiger charge is -2.41. The molecule has 6 heteroatoms. The van der Waals surface area contributed by atoms with Crippen molar-refractivity contribution in [2.24, 2.45) is 0 Å². The highest BCUT2D eigenvalue weighted by Gasteiger charge is 2.27. The number of benzene rings is 1. The van der Waals surface area contributed by atoms with E-state index in [-0.39, 0.29) is 6.61 Å². The van der Waals surface area contributed by atoms with Gasteiger partial charge in [-0.2, -0.15) is 0 Å². The Kier molecular flexibility index (Phi) is 6.85. The number of aromatic nitrogens is 1. The highest BCUT2D eigenvalue weighted by atomic mass is 35.5. The predicted octanol–water partition coefficient (Wildman–Crippen LogP) is 4.37. The van der Waals surface area contributed by atoms with Gasteiger partial charge in [0.25, 0.3) is 0 Å². The van der Waals surface area contributed by atoms with Gasteiger partial charge in [-0.15, -0.1) is 0 Å². The van der Waals surface area contributed by atoms with E-state index in [1.54, 1.807) is 0 Å². The van der Waals surface area contributed by atoms with Gasteiger partial charge >= 0.3 is 0 Å². The smallest absolute Gasteiger partial charge is 0.135 e. The first-order valence-corrected chi connectivity index (χ1v) is 10.8. The summed E-state index contributed by atoms with van der Waals surface area (Å²) in [6, 6.07) is 18.2. The van der Waals surface area contributed by atoms with Gasteiger partial charge in [0.1, 0.15) is 11.5 Å². The molecule has 1 unspecified atom stereocenters. The molecule has 30 heavy (non-hydrogen) atoms. The largest absolute Gasteiger partial charge is 0.460 e. The number of aryl methyl sites for hydroxylation is 1. The Morgan fingerprint density at radius 3 is 2.73 bits per heavy atom. The zero-order valence-electron chi connectivity index (χ0n) is 17.3. The summed E-state index contributed by atoms with van der Waals surface area (Å²) in [6.45, 7) is 6.57. The molecule has 0 radical (unpaired) electrons. The Morgan fingerprint density at radius 1 is 1.07 bits per heavy atom. The van der Waals surface area contributed by atoms with E-state index in [4.69, 9.17) is 16.0 Å². The zero-order chi connectivity index (χ0) is 20.9. The second kappa shape index (κ2) is 9.75. The normalized spacial score (nSPS) is 18.0. The fraction of sp³-hybridized carbons (Fsp3) is 0.375. The van der Waals surface area contributed by atoms with Crippen LogP contribution in [0, 0.1) is 6.92 Å². The van der Waals surface area contributed by atoms with E-state index in [1.165, 1.54) is 0 Å². The van der Waals surface area contributed by atoms with Crippen LogP contribution in [0.4, 0.5) is 0 Å². The van der Waals surface area contributed by atoms with Crippen LogP contribution in [0.5, 0.6) is 0 Å². The van der Waals surface area contributed by atoms with E-state index in [1.807, 2.05) is 49.4 Å². The monoisotopic (exact) mass is 425 g/mol. The van der Waals surface area contributed by atoms with E-state index >= 15 is 0 Å². The highest BCUT2D eigenvalue weighted by molar-refractivity contribution is 6.33. The van der Waals surface area contributed by atoms with Crippen LogP contribution in [-0.4, -0.2) is 52.2 Å². The third kappa shape index (κ3) is 5.10. The average Bonchev–Trinajstić information content (AvgIpc) is 3.19. The summed E-state index contributed by atoms with van der Waals surface area (Å²) in [5.74, 6) is 1.73. The molecule has 4 rings (SSSR count). The van der Waals surface area contributed by atoms with Crippen LogP contribution in [0.15, 0.2) is 59.0 Å². The van der Waals surface area contributed by atoms with Crippen LogP contribution in [-0.2, 0) is 13.1 Å². The van der Waals surface area contributed by atoms with Gasteiger partial charge in [0.05, 0.1) is 17.3 Å². The number of halogens is 1. The maximum absolute atomic E-state index is 9.59. The maximum Gasteiger partial charge on any atom is 0.135 e. The zero-order valence-corrected chi connectivity index (χ0v) is 18.1. The molecule has 1 atom stereocenters. The summed E-state index contributed by atoms with van der Waals surface area (Å²) in [4.78, 5) is 9.48. The minimum absolute atomic E-state index is 0.188. The first-order chi connectivity index (χ1) is 14.6. The standard InChI is InChI=1S/C24H28ClN3O2/c1-18-5-4-6-19(26-18)15-28-13-12-27(16-20(28)11-14-29)17-21-9-10-24(30-21)22-7-2-3-8-23(22)25/h2-10,20,29H,11-17H2,1H3. The predicted molar refractivity (Wildman–Crippen MR) is 119 cm³/mol. The Labute approximate surface area is 182 Å². The fourth-order valence-corrected chi connectivity index (χ4v) is 4.35. The van der Waals surface area contributed by atoms with Crippen LogP contribution < -0.4 is 0 Å². The van der Waals surface area contributed by atoms with Gasteiger partial charge in [-0.05, 0) is 49.7 Å². The molecule has 158 valence electrons. The Hall–Kier alpha value is -2.18. The number of nitrogens with zero attached hydrogens (tertiary/aromatic N) is 3. The molecule has 1 aliphatic rings. The van der Waals surface area contributed by atoms with Crippen LogP contribution in [0.1, 0.15) is 23.6 Å². The molecule has 3 heterocycles. The molecule has 1 saturated heterocycles. The summed E-state index contributed by atoms with van der Waals surface area (Å²) in [7, 11) is 0. The molecule has 1 aromatic carbocycles. The first kappa shape index (κ1) is 21.1. The van der Waals surface area contributed by atoms with Crippen molar-refractivity contribution in [3.05, 3.63) is 76.8 Å². The van der Waals surface area contributed by atoms with Crippen molar-refractivity contribution in [1.29, 1.82) is 0 Å². The lowest BCUT2D eigenvalue weighted by atomic mass is 10.1. The summed E-state index contributed by atoms with van der Waals surface area (Å²) in [5, 5.41) is 10.3. The first-order valence-electron chi connectivity index (χ1n) is 10.5. The lowest BCUT2D eigenvalue weighted by molar-refractivity contribution is 0.0461. The molecule has 1 aliphatic heterocycles. The lowest BCUT2D eigenvalue weighted by Crippen LogP contribution is -2.52. The van der Waals surface area contributed by atoms with Crippen LogP contribution >= 0.6 is 11.6 Å².